The Morgan fingerprint density at radius 2 is 2.07 bits per heavy atom. The van der Waals surface area contributed by atoms with Crippen molar-refractivity contribution < 1.29 is 14.6 Å². The molecule has 4 heteroatoms. The summed E-state index contributed by atoms with van der Waals surface area (Å²) in [5.41, 5.74) is 0. The van der Waals surface area contributed by atoms with E-state index in [1.807, 2.05) is 6.92 Å². The number of methoxy groups -OCH3 is 1. The van der Waals surface area contributed by atoms with Crippen molar-refractivity contribution >= 4 is 0 Å². The fraction of sp³-hybridized carbons (Fsp3) is 1.00. The fourth-order valence-corrected chi connectivity index (χ4v) is 0.965. The molecule has 0 aliphatic rings. The number of hydrogen-bond donors (Lipinski definition) is 2. The second-order valence-corrected chi connectivity index (χ2v) is 3.22. The number of nitrogens with one attached hydrogen (secondary N) is 1. The van der Waals surface area contributed by atoms with Crippen LogP contribution in [0.15, 0.2) is 0 Å². The first-order valence-electron chi connectivity index (χ1n) is 5.26. The minimum Gasteiger partial charge on any atom is -0.392 e. The van der Waals surface area contributed by atoms with E-state index in [0.29, 0.717) is 13.2 Å². The van der Waals surface area contributed by atoms with Crippen molar-refractivity contribution in [3.63, 3.8) is 0 Å². The Bertz CT molecular complexity index is 112. The largest absolute Gasteiger partial charge is 0.392 e. The highest BCUT2D eigenvalue weighted by Crippen LogP contribution is 1.86. The lowest BCUT2D eigenvalue weighted by Crippen LogP contribution is -2.29. The van der Waals surface area contributed by atoms with Gasteiger partial charge in [0.2, 0.25) is 0 Å². The van der Waals surface area contributed by atoms with Crippen LogP contribution in [0.5, 0.6) is 0 Å². The van der Waals surface area contributed by atoms with Gasteiger partial charge in [-0.05, 0) is 12.8 Å². The van der Waals surface area contributed by atoms with Crippen molar-refractivity contribution in [1.82, 2.24) is 5.32 Å². The van der Waals surface area contributed by atoms with Crippen LogP contribution >= 0.6 is 0 Å². The molecule has 14 heavy (non-hydrogen) atoms. The predicted octanol–water partition coefficient (Wildman–Crippen LogP) is 0.400. The first kappa shape index (κ1) is 13.8. The topological polar surface area (TPSA) is 50.7 Å². The molecule has 0 spiro atoms. The van der Waals surface area contributed by atoms with E-state index in [4.69, 9.17) is 9.47 Å². The second kappa shape index (κ2) is 10.9. The summed E-state index contributed by atoms with van der Waals surface area (Å²) in [5.74, 6) is 0. The minimum absolute atomic E-state index is 0.233. The van der Waals surface area contributed by atoms with Crippen LogP contribution in [-0.4, -0.2) is 51.2 Å². The van der Waals surface area contributed by atoms with Gasteiger partial charge in [-0.25, -0.2) is 0 Å². The molecule has 1 unspecified atom stereocenters. The van der Waals surface area contributed by atoms with E-state index in [1.165, 1.54) is 0 Å². The van der Waals surface area contributed by atoms with Gasteiger partial charge in [0.15, 0.2) is 0 Å². The van der Waals surface area contributed by atoms with E-state index in [-0.39, 0.29) is 6.10 Å². The van der Waals surface area contributed by atoms with E-state index < -0.39 is 0 Å². The SMILES string of the molecule is CCC(O)CNCCOCCCOC. The van der Waals surface area contributed by atoms with Gasteiger partial charge in [-0.3, -0.25) is 0 Å². The summed E-state index contributed by atoms with van der Waals surface area (Å²) in [6.07, 6.45) is 1.50. The molecule has 0 rings (SSSR count). The van der Waals surface area contributed by atoms with Gasteiger partial charge in [0.05, 0.1) is 12.7 Å². The third-order valence-electron chi connectivity index (χ3n) is 1.91. The molecule has 0 aromatic rings. The summed E-state index contributed by atoms with van der Waals surface area (Å²) in [5, 5.41) is 12.3. The van der Waals surface area contributed by atoms with Gasteiger partial charge < -0.3 is 19.9 Å². The van der Waals surface area contributed by atoms with Crippen LogP contribution in [0, 0.1) is 0 Å². The van der Waals surface area contributed by atoms with Crippen molar-refractivity contribution in [1.29, 1.82) is 0 Å². The van der Waals surface area contributed by atoms with Crippen molar-refractivity contribution in [2.45, 2.75) is 25.9 Å². The molecule has 0 bridgehead atoms. The molecule has 0 saturated heterocycles. The molecule has 0 saturated carbocycles. The maximum atomic E-state index is 9.21. The van der Waals surface area contributed by atoms with Crippen molar-refractivity contribution in [2.24, 2.45) is 0 Å². The summed E-state index contributed by atoms with van der Waals surface area (Å²) in [6, 6.07) is 0. The van der Waals surface area contributed by atoms with Gasteiger partial charge in [-0.2, -0.15) is 0 Å². The molecular formula is C10H23NO3. The Hall–Kier alpha value is -0.160. The Morgan fingerprint density at radius 1 is 1.29 bits per heavy atom. The monoisotopic (exact) mass is 205 g/mol. The van der Waals surface area contributed by atoms with Gasteiger partial charge in [0.1, 0.15) is 0 Å². The van der Waals surface area contributed by atoms with Crippen LogP contribution in [-0.2, 0) is 9.47 Å². The Balaban J connectivity index is 2.92. The maximum absolute atomic E-state index is 9.21. The molecule has 0 heterocycles. The third-order valence-corrected chi connectivity index (χ3v) is 1.91. The molecule has 0 aromatic carbocycles. The van der Waals surface area contributed by atoms with Gasteiger partial charge in [-0.15, -0.1) is 0 Å². The molecular weight excluding hydrogens is 182 g/mol. The summed E-state index contributed by atoms with van der Waals surface area (Å²) in [7, 11) is 1.69. The molecule has 2 N–H and O–H groups in total. The molecule has 4 nitrogen and oxygen atoms in total. The van der Waals surface area contributed by atoms with E-state index in [2.05, 4.69) is 5.32 Å². The molecule has 86 valence electrons. The van der Waals surface area contributed by atoms with Crippen LogP contribution in [0.25, 0.3) is 0 Å². The third kappa shape index (κ3) is 9.92. The lowest BCUT2D eigenvalue weighted by molar-refractivity contribution is 0.101. The van der Waals surface area contributed by atoms with Crippen molar-refractivity contribution in [3.8, 4) is 0 Å². The summed E-state index contributed by atoms with van der Waals surface area (Å²) < 4.78 is 10.2. The molecule has 0 fully saturated rings. The summed E-state index contributed by atoms with van der Waals surface area (Å²) >= 11 is 0. The maximum Gasteiger partial charge on any atom is 0.0662 e. The Morgan fingerprint density at radius 3 is 2.71 bits per heavy atom. The molecule has 1 atom stereocenters. The van der Waals surface area contributed by atoms with Crippen LogP contribution in [0.3, 0.4) is 0 Å². The van der Waals surface area contributed by atoms with E-state index >= 15 is 0 Å². The highest BCUT2D eigenvalue weighted by molar-refractivity contribution is 4.55. The highest BCUT2D eigenvalue weighted by Gasteiger charge is 1.97. The average molecular weight is 205 g/mol. The quantitative estimate of drug-likeness (QED) is 0.507. The predicted molar refractivity (Wildman–Crippen MR) is 56.5 cm³/mol. The first-order chi connectivity index (χ1) is 6.81. The standard InChI is InChI=1S/C10H23NO3/c1-3-10(12)9-11-5-8-14-7-4-6-13-2/h10-12H,3-9H2,1-2H3. The Labute approximate surface area is 86.6 Å². The van der Waals surface area contributed by atoms with Gasteiger partial charge in [0.25, 0.3) is 0 Å². The second-order valence-electron chi connectivity index (χ2n) is 3.22. The molecule has 0 aromatic heterocycles. The summed E-state index contributed by atoms with van der Waals surface area (Å²) in [4.78, 5) is 0. The smallest absolute Gasteiger partial charge is 0.0662 e. The van der Waals surface area contributed by atoms with Crippen LogP contribution in [0.2, 0.25) is 0 Å². The molecule has 0 aliphatic carbocycles. The Kier molecular flexibility index (Phi) is 10.8. The number of aliphatic hydroxyl groups is 1. The summed E-state index contributed by atoms with van der Waals surface area (Å²) in [6.45, 7) is 5.60. The molecule has 0 radical (unpaired) electrons. The fourth-order valence-electron chi connectivity index (χ4n) is 0.965. The average Bonchev–Trinajstić information content (AvgIpc) is 2.21. The van der Waals surface area contributed by atoms with Crippen LogP contribution < -0.4 is 5.32 Å². The number of ether oxygens (including phenoxy) is 2. The highest BCUT2D eigenvalue weighted by atomic mass is 16.5. The zero-order valence-corrected chi connectivity index (χ0v) is 9.29. The van der Waals surface area contributed by atoms with Gasteiger partial charge in [-0.1, -0.05) is 6.92 Å². The van der Waals surface area contributed by atoms with Gasteiger partial charge >= 0.3 is 0 Å². The zero-order chi connectivity index (χ0) is 10.6. The van der Waals surface area contributed by atoms with E-state index in [9.17, 15) is 5.11 Å². The van der Waals surface area contributed by atoms with Gasteiger partial charge in [0, 0.05) is 33.4 Å². The number of rotatable bonds is 10. The lowest BCUT2D eigenvalue weighted by atomic mass is 10.3. The van der Waals surface area contributed by atoms with Crippen LogP contribution in [0.1, 0.15) is 19.8 Å². The zero-order valence-electron chi connectivity index (χ0n) is 9.29. The van der Waals surface area contributed by atoms with Crippen LogP contribution in [0.4, 0.5) is 0 Å². The number of aliphatic hydroxyl groups excluding tert-OH is 1. The van der Waals surface area contributed by atoms with Crippen molar-refractivity contribution in [2.75, 3.05) is 40.0 Å². The van der Waals surface area contributed by atoms with E-state index in [0.717, 1.165) is 32.6 Å². The molecule has 0 amide bonds. The van der Waals surface area contributed by atoms with E-state index in [1.54, 1.807) is 7.11 Å². The lowest BCUT2D eigenvalue weighted by Gasteiger charge is -2.09. The first-order valence-corrected chi connectivity index (χ1v) is 5.26. The van der Waals surface area contributed by atoms with Crippen molar-refractivity contribution in [3.05, 3.63) is 0 Å². The number of hydrogen-bond acceptors (Lipinski definition) is 4. The minimum atomic E-state index is -0.233. The normalized spacial score (nSPS) is 13.1. The molecule has 0 aliphatic heterocycles.